The second-order valence-electron chi connectivity index (χ2n) is 5.71. The lowest BCUT2D eigenvalue weighted by Gasteiger charge is -2.10. The van der Waals surface area contributed by atoms with Crippen molar-refractivity contribution < 1.29 is 4.74 Å². The number of ether oxygens (including phenoxy) is 1. The third kappa shape index (κ3) is 3.99. The van der Waals surface area contributed by atoms with E-state index in [2.05, 4.69) is 48.5 Å². The zero-order valence-electron chi connectivity index (χ0n) is 13.3. The van der Waals surface area contributed by atoms with Crippen molar-refractivity contribution >= 4 is 0 Å². The van der Waals surface area contributed by atoms with E-state index in [0.717, 1.165) is 16.9 Å². The first kappa shape index (κ1) is 15.3. The zero-order valence-corrected chi connectivity index (χ0v) is 13.3. The summed E-state index contributed by atoms with van der Waals surface area (Å²) in [6.45, 7) is 2.57. The second-order valence-corrected chi connectivity index (χ2v) is 5.71. The Morgan fingerprint density at radius 3 is 2.26 bits per heavy atom. The Morgan fingerprint density at radius 1 is 0.826 bits per heavy atom. The van der Waals surface area contributed by atoms with Gasteiger partial charge in [0.05, 0.1) is 0 Å². The summed E-state index contributed by atoms with van der Waals surface area (Å²) >= 11 is 0. The van der Waals surface area contributed by atoms with Crippen LogP contribution in [0.15, 0.2) is 78.9 Å². The monoisotopic (exact) mass is 303 g/mol. The normalized spacial score (nSPS) is 11.9. The summed E-state index contributed by atoms with van der Waals surface area (Å²) < 4.78 is 5.90. The van der Waals surface area contributed by atoms with Gasteiger partial charge in [0.15, 0.2) is 0 Å². The molecule has 2 nitrogen and oxygen atoms in total. The van der Waals surface area contributed by atoms with Crippen LogP contribution in [0.3, 0.4) is 0 Å². The highest BCUT2D eigenvalue weighted by molar-refractivity contribution is 5.65. The largest absolute Gasteiger partial charge is 0.489 e. The topological polar surface area (TPSA) is 35.2 Å². The van der Waals surface area contributed by atoms with Crippen LogP contribution in [0.4, 0.5) is 0 Å². The maximum atomic E-state index is 5.90. The fourth-order valence-electron chi connectivity index (χ4n) is 2.49. The number of nitrogens with two attached hydrogens (primary N) is 1. The van der Waals surface area contributed by atoms with E-state index in [-0.39, 0.29) is 6.04 Å². The molecule has 23 heavy (non-hydrogen) atoms. The summed E-state index contributed by atoms with van der Waals surface area (Å²) in [5, 5.41) is 0. The minimum absolute atomic E-state index is 0.0598. The first-order chi connectivity index (χ1) is 11.2. The SMILES string of the molecule is CC(N)c1ccc(-c2cccc(OCc3ccccc3)c2)cc1. The Balaban J connectivity index is 1.74. The predicted octanol–water partition coefficient (Wildman–Crippen LogP) is 4.95. The van der Waals surface area contributed by atoms with Gasteiger partial charge in [-0.1, -0.05) is 66.7 Å². The number of rotatable bonds is 5. The molecule has 0 bridgehead atoms. The Bertz CT molecular complexity index is 748. The molecular formula is C21H21NO. The van der Waals surface area contributed by atoms with Gasteiger partial charge in [-0.05, 0) is 41.3 Å². The maximum absolute atomic E-state index is 5.90. The molecule has 0 amide bonds. The van der Waals surface area contributed by atoms with E-state index in [1.165, 1.54) is 11.1 Å². The number of hydrogen-bond acceptors (Lipinski definition) is 2. The lowest BCUT2D eigenvalue weighted by Crippen LogP contribution is -2.04. The van der Waals surface area contributed by atoms with Crippen molar-refractivity contribution in [1.29, 1.82) is 0 Å². The molecule has 0 aliphatic rings. The molecule has 0 fully saturated rings. The van der Waals surface area contributed by atoms with Gasteiger partial charge >= 0.3 is 0 Å². The highest BCUT2D eigenvalue weighted by Gasteiger charge is 2.03. The Kier molecular flexibility index (Phi) is 4.74. The zero-order chi connectivity index (χ0) is 16.1. The summed E-state index contributed by atoms with van der Waals surface area (Å²) in [7, 11) is 0. The van der Waals surface area contributed by atoms with E-state index in [4.69, 9.17) is 10.5 Å². The summed E-state index contributed by atoms with van der Waals surface area (Å²) in [5.74, 6) is 0.877. The Morgan fingerprint density at radius 2 is 1.57 bits per heavy atom. The molecule has 0 aliphatic heterocycles. The molecule has 0 heterocycles. The second kappa shape index (κ2) is 7.12. The molecule has 3 aromatic carbocycles. The van der Waals surface area contributed by atoms with Crippen molar-refractivity contribution in [3.05, 3.63) is 90.0 Å². The molecule has 1 atom stereocenters. The maximum Gasteiger partial charge on any atom is 0.120 e. The van der Waals surface area contributed by atoms with E-state index >= 15 is 0 Å². The van der Waals surface area contributed by atoms with Crippen molar-refractivity contribution in [2.24, 2.45) is 5.73 Å². The predicted molar refractivity (Wildman–Crippen MR) is 95.3 cm³/mol. The van der Waals surface area contributed by atoms with Crippen LogP contribution in [-0.2, 0) is 6.61 Å². The lowest BCUT2D eigenvalue weighted by atomic mass is 10.0. The molecule has 116 valence electrons. The smallest absolute Gasteiger partial charge is 0.120 e. The van der Waals surface area contributed by atoms with Crippen LogP contribution in [0, 0.1) is 0 Å². The van der Waals surface area contributed by atoms with Crippen molar-refractivity contribution in [2.45, 2.75) is 19.6 Å². The van der Waals surface area contributed by atoms with Gasteiger partial charge in [0.2, 0.25) is 0 Å². The van der Waals surface area contributed by atoms with Crippen LogP contribution in [0.5, 0.6) is 5.75 Å². The fourth-order valence-corrected chi connectivity index (χ4v) is 2.49. The molecule has 1 unspecified atom stereocenters. The molecule has 0 aliphatic carbocycles. The Labute approximate surface area is 137 Å². The highest BCUT2D eigenvalue weighted by Crippen LogP contribution is 2.25. The van der Waals surface area contributed by atoms with E-state index in [1.54, 1.807) is 0 Å². The van der Waals surface area contributed by atoms with Gasteiger partial charge in [-0.25, -0.2) is 0 Å². The van der Waals surface area contributed by atoms with Gasteiger partial charge in [-0.3, -0.25) is 0 Å². The van der Waals surface area contributed by atoms with Crippen molar-refractivity contribution in [2.75, 3.05) is 0 Å². The standard InChI is InChI=1S/C21H21NO/c1-16(22)18-10-12-19(13-11-18)20-8-5-9-21(14-20)23-15-17-6-3-2-4-7-17/h2-14,16H,15,22H2,1H3. The van der Waals surface area contributed by atoms with Gasteiger partial charge in [-0.2, -0.15) is 0 Å². The van der Waals surface area contributed by atoms with E-state index in [1.807, 2.05) is 37.3 Å². The molecule has 0 saturated heterocycles. The number of hydrogen-bond donors (Lipinski definition) is 1. The first-order valence-corrected chi connectivity index (χ1v) is 7.85. The van der Waals surface area contributed by atoms with Crippen LogP contribution >= 0.6 is 0 Å². The minimum Gasteiger partial charge on any atom is -0.489 e. The fraction of sp³-hybridized carbons (Fsp3) is 0.143. The molecule has 2 heteroatoms. The number of benzene rings is 3. The van der Waals surface area contributed by atoms with Crippen molar-refractivity contribution in [1.82, 2.24) is 0 Å². The molecule has 0 aromatic heterocycles. The summed E-state index contributed by atoms with van der Waals surface area (Å²) in [6, 6.07) is 26.8. The van der Waals surface area contributed by atoms with Gasteiger partial charge in [0, 0.05) is 6.04 Å². The van der Waals surface area contributed by atoms with Crippen LogP contribution < -0.4 is 10.5 Å². The molecule has 2 N–H and O–H groups in total. The highest BCUT2D eigenvalue weighted by atomic mass is 16.5. The first-order valence-electron chi connectivity index (χ1n) is 7.85. The van der Waals surface area contributed by atoms with Crippen LogP contribution in [0.25, 0.3) is 11.1 Å². The van der Waals surface area contributed by atoms with Crippen molar-refractivity contribution in [3.63, 3.8) is 0 Å². The lowest BCUT2D eigenvalue weighted by molar-refractivity contribution is 0.306. The van der Waals surface area contributed by atoms with Crippen LogP contribution in [-0.4, -0.2) is 0 Å². The molecule has 0 spiro atoms. The third-order valence-corrected chi connectivity index (χ3v) is 3.85. The van der Waals surface area contributed by atoms with Crippen molar-refractivity contribution in [3.8, 4) is 16.9 Å². The van der Waals surface area contributed by atoms with Gasteiger partial charge in [0.25, 0.3) is 0 Å². The summed E-state index contributed by atoms with van der Waals surface area (Å²) in [5.41, 5.74) is 10.5. The summed E-state index contributed by atoms with van der Waals surface area (Å²) in [4.78, 5) is 0. The Hall–Kier alpha value is -2.58. The van der Waals surface area contributed by atoms with E-state index in [9.17, 15) is 0 Å². The average molecular weight is 303 g/mol. The van der Waals surface area contributed by atoms with E-state index < -0.39 is 0 Å². The minimum atomic E-state index is 0.0598. The van der Waals surface area contributed by atoms with Gasteiger partial charge < -0.3 is 10.5 Å². The molecule has 3 aromatic rings. The molecule has 3 rings (SSSR count). The average Bonchev–Trinajstić information content (AvgIpc) is 2.61. The van der Waals surface area contributed by atoms with E-state index in [0.29, 0.717) is 6.61 Å². The third-order valence-electron chi connectivity index (χ3n) is 3.85. The van der Waals surface area contributed by atoms with Crippen LogP contribution in [0.1, 0.15) is 24.1 Å². The van der Waals surface area contributed by atoms with Crippen LogP contribution in [0.2, 0.25) is 0 Å². The van der Waals surface area contributed by atoms with Gasteiger partial charge in [0.1, 0.15) is 12.4 Å². The molecule has 0 radical (unpaired) electrons. The quantitative estimate of drug-likeness (QED) is 0.723. The van der Waals surface area contributed by atoms with Gasteiger partial charge in [-0.15, -0.1) is 0 Å². The molecule has 0 saturated carbocycles. The molecular weight excluding hydrogens is 282 g/mol. The summed E-state index contributed by atoms with van der Waals surface area (Å²) in [6.07, 6.45) is 0.